The van der Waals surface area contributed by atoms with Gasteiger partial charge in [-0.3, -0.25) is 4.79 Å². The van der Waals surface area contributed by atoms with Crippen LogP contribution in [0.5, 0.6) is 5.75 Å². The van der Waals surface area contributed by atoms with Crippen molar-refractivity contribution in [3.63, 3.8) is 0 Å². The average molecular weight is 446 g/mol. The van der Waals surface area contributed by atoms with Crippen LogP contribution < -0.4 is 10.1 Å². The van der Waals surface area contributed by atoms with Crippen LogP contribution in [-0.2, 0) is 22.1 Å². The summed E-state index contributed by atoms with van der Waals surface area (Å²) in [6.45, 7) is 2.09. The van der Waals surface area contributed by atoms with E-state index in [0.29, 0.717) is 11.3 Å². The predicted octanol–water partition coefficient (Wildman–Crippen LogP) is 3.35. The Morgan fingerprint density at radius 2 is 1.87 bits per heavy atom. The number of rotatable bonds is 7. The van der Waals surface area contributed by atoms with Gasteiger partial charge in [-0.05, 0) is 30.2 Å². The minimum Gasteiger partial charge on any atom is -0.497 e. The molecule has 0 spiro atoms. The van der Waals surface area contributed by atoms with E-state index in [1.807, 2.05) is 13.0 Å². The number of ether oxygens (including phenoxy) is 1. The number of methoxy groups -OCH3 is 1. The molecule has 2 aromatic carbocycles. The van der Waals surface area contributed by atoms with Gasteiger partial charge >= 0.3 is 0 Å². The lowest BCUT2D eigenvalue weighted by molar-refractivity contribution is 0.0945. The number of aromatic nitrogens is 2. The summed E-state index contributed by atoms with van der Waals surface area (Å²) in [5.74, 6) is -0.166. The Kier molecular flexibility index (Phi) is 6.69. The quantitative estimate of drug-likeness (QED) is 0.560. The number of nitrogens with zero attached hydrogens (tertiary/aromatic N) is 2. The maximum atomic E-state index is 12.7. The van der Waals surface area contributed by atoms with Gasteiger partial charge in [-0.2, -0.15) is 0 Å². The molecular weight excluding hydrogens is 426 g/mol. The zero-order valence-electron chi connectivity index (χ0n) is 16.4. The van der Waals surface area contributed by atoms with Crippen molar-refractivity contribution < 1.29 is 17.9 Å². The van der Waals surface area contributed by atoms with Gasteiger partial charge in [0.15, 0.2) is 5.69 Å². The first-order valence-corrected chi connectivity index (χ1v) is 11.0. The second kappa shape index (κ2) is 9.23. The smallest absolute Gasteiger partial charge is 0.271 e. The zero-order valence-corrected chi connectivity index (χ0v) is 18.0. The van der Waals surface area contributed by atoms with Gasteiger partial charge in [-0.1, -0.05) is 53.6 Å². The van der Waals surface area contributed by atoms with Crippen LogP contribution in [0, 0.1) is 6.92 Å². The van der Waals surface area contributed by atoms with E-state index < -0.39 is 20.9 Å². The standard InChI is InChI=1S/C21H20ClN3O4S/c1-14-4-3-5-16(10-14)13-30(27,28)21-24-12-18(22)19(25-21)20(26)23-11-15-6-8-17(29-2)9-7-15/h3-10,12H,11,13H2,1-2H3,(H,23,26). The summed E-state index contributed by atoms with van der Waals surface area (Å²) in [7, 11) is -2.28. The number of hydrogen-bond donors (Lipinski definition) is 1. The van der Waals surface area contributed by atoms with Crippen molar-refractivity contribution in [3.8, 4) is 5.75 Å². The van der Waals surface area contributed by atoms with Crippen LogP contribution in [0.2, 0.25) is 5.02 Å². The van der Waals surface area contributed by atoms with Crippen LogP contribution in [0.1, 0.15) is 27.2 Å². The molecule has 1 heterocycles. The number of hydrogen-bond acceptors (Lipinski definition) is 6. The first-order valence-electron chi connectivity index (χ1n) is 9.00. The normalized spacial score (nSPS) is 11.2. The first kappa shape index (κ1) is 21.7. The molecule has 0 aliphatic carbocycles. The van der Waals surface area contributed by atoms with Crippen molar-refractivity contribution in [1.82, 2.24) is 15.3 Å². The molecule has 0 unspecified atom stereocenters. The van der Waals surface area contributed by atoms with Gasteiger partial charge in [0, 0.05) is 6.54 Å². The average Bonchev–Trinajstić information content (AvgIpc) is 2.72. The molecule has 0 radical (unpaired) electrons. The molecule has 9 heteroatoms. The molecule has 0 atom stereocenters. The fraction of sp³-hybridized carbons (Fsp3) is 0.190. The van der Waals surface area contributed by atoms with E-state index in [9.17, 15) is 13.2 Å². The SMILES string of the molecule is COc1ccc(CNC(=O)c2nc(S(=O)(=O)Cc3cccc(C)c3)ncc2Cl)cc1. The monoisotopic (exact) mass is 445 g/mol. The second-order valence-electron chi connectivity index (χ2n) is 6.63. The molecular formula is C21H20ClN3O4S. The molecule has 1 aromatic heterocycles. The van der Waals surface area contributed by atoms with Crippen molar-refractivity contribution in [1.29, 1.82) is 0 Å². The van der Waals surface area contributed by atoms with Crippen LogP contribution >= 0.6 is 11.6 Å². The van der Waals surface area contributed by atoms with E-state index in [1.54, 1.807) is 49.6 Å². The number of nitrogens with one attached hydrogen (secondary N) is 1. The molecule has 156 valence electrons. The summed E-state index contributed by atoms with van der Waals surface area (Å²) in [4.78, 5) is 20.3. The lowest BCUT2D eigenvalue weighted by Gasteiger charge is -2.09. The summed E-state index contributed by atoms with van der Waals surface area (Å²) < 4.78 is 30.5. The number of benzene rings is 2. The zero-order chi connectivity index (χ0) is 21.7. The Balaban J connectivity index is 1.77. The first-order chi connectivity index (χ1) is 14.3. The van der Waals surface area contributed by atoms with Crippen LogP contribution in [0.15, 0.2) is 59.9 Å². The van der Waals surface area contributed by atoms with Crippen LogP contribution in [0.4, 0.5) is 0 Å². The Bertz CT molecular complexity index is 1170. The molecule has 0 aliphatic heterocycles. The number of aryl methyl sites for hydroxylation is 1. The summed E-state index contributed by atoms with van der Waals surface area (Å²) in [5.41, 5.74) is 2.20. The molecule has 1 amide bonds. The summed E-state index contributed by atoms with van der Waals surface area (Å²) in [5, 5.41) is 2.21. The van der Waals surface area contributed by atoms with E-state index in [1.165, 1.54) is 0 Å². The van der Waals surface area contributed by atoms with Crippen LogP contribution in [-0.4, -0.2) is 31.4 Å². The Morgan fingerprint density at radius 1 is 1.13 bits per heavy atom. The van der Waals surface area contributed by atoms with E-state index >= 15 is 0 Å². The minimum absolute atomic E-state index is 0.0308. The lowest BCUT2D eigenvalue weighted by Crippen LogP contribution is -2.25. The molecule has 0 aliphatic rings. The Morgan fingerprint density at radius 3 is 2.53 bits per heavy atom. The molecule has 0 bridgehead atoms. The van der Waals surface area contributed by atoms with Crippen LogP contribution in [0.3, 0.4) is 0 Å². The van der Waals surface area contributed by atoms with Crippen molar-refractivity contribution >= 4 is 27.3 Å². The molecule has 30 heavy (non-hydrogen) atoms. The summed E-state index contributed by atoms with van der Waals surface area (Å²) in [6, 6.07) is 14.3. The summed E-state index contributed by atoms with van der Waals surface area (Å²) >= 11 is 6.05. The van der Waals surface area contributed by atoms with Gasteiger partial charge in [0.1, 0.15) is 5.75 Å². The second-order valence-corrected chi connectivity index (χ2v) is 8.92. The molecule has 3 aromatic rings. The summed E-state index contributed by atoms with van der Waals surface area (Å²) in [6.07, 6.45) is 1.12. The Hall–Kier alpha value is -2.97. The number of carbonyl (C=O) groups excluding carboxylic acids is 1. The molecule has 0 fully saturated rings. The molecule has 3 rings (SSSR count). The highest BCUT2D eigenvalue weighted by Gasteiger charge is 2.23. The molecule has 7 nitrogen and oxygen atoms in total. The van der Waals surface area contributed by atoms with E-state index in [0.717, 1.165) is 17.3 Å². The largest absolute Gasteiger partial charge is 0.497 e. The van der Waals surface area contributed by atoms with Gasteiger partial charge in [0.2, 0.25) is 15.0 Å². The van der Waals surface area contributed by atoms with Crippen molar-refractivity contribution in [2.45, 2.75) is 24.4 Å². The number of amides is 1. The highest BCUT2D eigenvalue weighted by atomic mass is 35.5. The number of halogens is 1. The van der Waals surface area contributed by atoms with Gasteiger partial charge in [0.25, 0.3) is 5.91 Å². The maximum absolute atomic E-state index is 12.7. The fourth-order valence-electron chi connectivity index (χ4n) is 2.76. The maximum Gasteiger partial charge on any atom is 0.271 e. The van der Waals surface area contributed by atoms with Gasteiger partial charge in [-0.15, -0.1) is 0 Å². The topological polar surface area (TPSA) is 98.2 Å². The molecule has 1 N–H and O–H groups in total. The van der Waals surface area contributed by atoms with Crippen LogP contribution in [0.25, 0.3) is 0 Å². The Labute approximate surface area is 180 Å². The van der Waals surface area contributed by atoms with Gasteiger partial charge in [0.05, 0.1) is 24.1 Å². The third kappa shape index (κ3) is 5.34. The third-order valence-corrected chi connectivity index (χ3v) is 6.01. The minimum atomic E-state index is -3.85. The van der Waals surface area contributed by atoms with Crippen molar-refractivity contribution in [3.05, 3.63) is 82.1 Å². The number of sulfone groups is 1. The predicted molar refractivity (Wildman–Crippen MR) is 113 cm³/mol. The van der Waals surface area contributed by atoms with E-state index in [4.69, 9.17) is 16.3 Å². The molecule has 0 saturated heterocycles. The van der Waals surface area contributed by atoms with Crippen molar-refractivity contribution in [2.75, 3.05) is 7.11 Å². The number of carbonyl (C=O) groups is 1. The highest BCUT2D eigenvalue weighted by molar-refractivity contribution is 7.90. The third-order valence-electron chi connectivity index (χ3n) is 4.27. The van der Waals surface area contributed by atoms with Crippen molar-refractivity contribution in [2.24, 2.45) is 0 Å². The fourth-order valence-corrected chi connectivity index (χ4v) is 4.12. The van der Waals surface area contributed by atoms with E-state index in [2.05, 4.69) is 15.3 Å². The van der Waals surface area contributed by atoms with Gasteiger partial charge < -0.3 is 10.1 Å². The molecule has 0 saturated carbocycles. The highest BCUT2D eigenvalue weighted by Crippen LogP contribution is 2.18. The van der Waals surface area contributed by atoms with E-state index in [-0.39, 0.29) is 23.0 Å². The lowest BCUT2D eigenvalue weighted by atomic mass is 10.2. The van der Waals surface area contributed by atoms with Gasteiger partial charge in [-0.25, -0.2) is 18.4 Å².